The molecule has 0 heterocycles. The lowest BCUT2D eigenvalue weighted by Gasteiger charge is -2.05. The van der Waals surface area contributed by atoms with Crippen LogP contribution in [0.1, 0.15) is 23.2 Å². The molecule has 1 saturated carbocycles. The van der Waals surface area contributed by atoms with Crippen molar-refractivity contribution in [2.75, 3.05) is 13.2 Å². The highest BCUT2D eigenvalue weighted by Gasteiger charge is 2.23. The van der Waals surface area contributed by atoms with E-state index in [-0.39, 0.29) is 5.97 Å². The van der Waals surface area contributed by atoms with Crippen LogP contribution in [0.25, 0.3) is 0 Å². The van der Waals surface area contributed by atoms with Gasteiger partial charge in [0.1, 0.15) is 12.4 Å². The topological polar surface area (TPSA) is 35.5 Å². The van der Waals surface area contributed by atoms with Crippen molar-refractivity contribution in [3.05, 3.63) is 42.5 Å². The molecule has 0 aliphatic heterocycles. The van der Waals surface area contributed by atoms with E-state index in [4.69, 9.17) is 9.47 Å². The molecule has 0 spiro atoms. The quantitative estimate of drug-likeness (QED) is 0.559. The molecule has 0 saturated heterocycles. The summed E-state index contributed by atoms with van der Waals surface area (Å²) in [6, 6.07) is 6.95. The van der Waals surface area contributed by atoms with Crippen LogP contribution in [0.15, 0.2) is 36.9 Å². The fourth-order valence-corrected chi connectivity index (χ4v) is 1.40. The zero-order valence-corrected chi connectivity index (χ0v) is 9.72. The van der Waals surface area contributed by atoms with E-state index in [1.165, 1.54) is 12.8 Å². The van der Waals surface area contributed by atoms with Crippen molar-refractivity contribution in [1.82, 2.24) is 0 Å². The van der Waals surface area contributed by atoms with Crippen LogP contribution < -0.4 is 4.74 Å². The van der Waals surface area contributed by atoms with Crippen molar-refractivity contribution in [2.45, 2.75) is 12.8 Å². The second-order valence-corrected chi connectivity index (χ2v) is 4.17. The molecular formula is C14H16O3. The molecule has 0 radical (unpaired) electrons. The van der Waals surface area contributed by atoms with Crippen molar-refractivity contribution in [2.24, 2.45) is 5.92 Å². The van der Waals surface area contributed by atoms with E-state index in [0.717, 1.165) is 5.75 Å². The molecule has 17 heavy (non-hydrogen) atoms. The van der Waals surface area contributed by atoms with E-state index < -0.39 is 0 Å². The van der Waals surface area contributed by atoms with Gasteiger partial charge in [0.2, 0.25) is 0 Å². The van der Waals surface area contributed by atoms with Crippen molar-refractivity contribution >= 4 is 5.97 Å². The van der Waals surface area contributed by atoms with Gasteiger partial charge < -0.3 is 9.47 Å². The summed E-state index contributed by atoms with van der Waals surface area (Å²) in [5.74, 6) is 1.06. The molecule has 1 aliphatic rings. The van der Waals surface area contributed by atoms with Crippen LogP contribution in [-0.4, -0.2) is 19.2 Å². The lowest BCUT2D eigenvalue weighted by Crippen LogP contribution is -2.07. The SMILES string of the molecule is C=CCOc1ccc(C(=O)OCC2CC2)cc1. The minimum Gasteiger partial charge on any atom is -0.490 e. The Labute approximate surface area is 101 Å². The Bertz CT molecular complexity index is 390. The van der Waals surface area contributed by atoms with Gasteiger partial charge in [-0.25, -0.2) is 4.79 Å². The summed E-state index contributed by atoms with van der Waals surface area (Å²) >= 11 is 0. The number of rotatable bonds is 6. The molecule has 0 N–H and O–H groups in total. The fraction of sp³-hybridized carbons (Fsp3) is 0.357. The smallest absolute Gasteiger partial charge is 0.338 e. The largest absolute Gasteiger partial charge is 0.490 e. The van der Waals surface area contributed by atoms with Crippen molar-refractivity contribution < 1.29 is 14.3 Å². The highest BCUT2D eigenvalue weighted by molar-refractivity contribution is 5.89. The minimum atomic E-state index is -0.257. The number of esters is 1. The van der Waals surface area contributed by atoms with Gasteiger partial charge in [-0.05, 0) is 43.0 Å². The van der Waals surface area contributed by atoms with Crippen LogP contribution in [0.3, 0.4) is 0 Å². The average Bonchev–Trinajstić information content (AvgIpc) is 3.18. The Morgan fingerprint density at radius 1 is 1.35 bits per heavy atom. The van der Waals surface area contributed by atoms with Gasteiger partial charge in [-0.1, -0.05) is 12.7 Å². The van der Waals surface area contributed by atoms with Crippen molar-refractivity contribution in [3.63, 3.8) is 0 Å². The van der Waals surface area contributed by atoms with Gasteiger partial charge in [-0.2, -0.15) is 0 Å². The number of carbonyl (C=O) groups excluding carboxylic acids is 1. The predicted molar refractivity (Wildman–Crippen MR) is 65.1 cm³/mol. The summed E-state index contributed by atoms with van der Waals surface area (Å²) in [6.45, 7) is 4.58. The second-order valence-electron chi connectivity index (χ2n) is 4.17. The molecular weight excluding hydrogens is 216 g/mol. The average molecular weight is 232 g/mol. The molecule has 3 nitrogen and oxygen atoms in total. The summed E-state index contributed by atoms with van der Waals surface area (Å²) in [5, 5.41) is 0. The first-order valence-electron chi connectivity index (χ1n) is 5.80. The molecule has 3 heteroatoms. The third-order valence-electron chi connectivity index (χ3n) is 2.60. The summed E-state index contributed by atoms with van der Waals surface area (Å²) in [7, 11) is 0. The van der Waals surface area contributed by atoms with Crippen LogP contribution >= 0.6 is 0 Å². The molecule has 0 amide bonds. The monoisotopic (exact) mass is 232 g/mol. The number of ether oxygens (including phenoxy) is 2. The van der Waals surface area contributed by atoms with Crippen LogP contribution in [-0.2, 0) is 4.74 Å². The van der Waals surface area contributed by atoms with Crippen LogP contribution in [0.4, 0.5) is 0 Å². The van der Waals surface area contributed by atoms with Gasteiger partial charge in [0.05, 0.1) is 12.2 Å². The van der Waals surface area contributed by atoms with Gasteiger partial charge in [-0.3, -0.25) is 0 Å². The van der Waals surface area contributed by atoms with Gasteiger partial charge in [-0.15, -0.1) is 0 Å². The third kappa shape index (κ3) is 3.63. The normalized spacial score (nSPS) is 14.1. The highest BCUT2D eigenvalue weighted by Crippen LogP contribution is 2.29. The lowest BCUT2D eigenvalue weighted by atomic mass is 10.2. The Kier molecular flexibility index (Phi) is 3.81. The van der Waals surface area contributed by atoms with Gasteiger partial charge in [0, 0.05) is 0 Å². The van der Waals surface area contributed by atoms with E-state index in [1.54, 1.807) is 30.3 Å². The molecule has 1 fully saturated rings. The van der Waals surface area contributed by atoms with Crippen LogP contribution in [0.2, 0.25) is 0 Å². The Morgan fingerprint density at radius 3 is 2.65 bits per heavy atom. The molecule has 1 aromatic rings. The number of hydrogen-bond donors (Lipinski definition) is 0. The van der Waals surface area contributed by atoms with Gasteiger partial charge >= 0.3 is 5.97 Å². The third-order valence-corrected chi connectivity index (χ3v) is 2.60. The van der Waals surface area contributed by atoms with E-state index >= 15 is 0 Å². The van der Waals surface area contributed by atoms with E-state index in [9.17, 15) is 4.79 Å². The standard InChI is InChI=1S/C14H16O3/c1-2-9-16-13-7-5-12(6-8-13)14(15)17-10-11-3-4-11/h2,5-8,11H,1,3-4,9-10H2. The Hall–Kier alpha value is -1.77. The molecule has 1 aliphatic carbocycles. The first-order chi connectivity index (χ1) is 8.29. The van der Waals surface area contributed by atoms with E-state index in [1.807, 2.05) is 0 Å². The second kappa shape index (κ2) is 5.53. The Morgan fingerprint density at radius 2 is 2.06 bits per heavy atom. The maximum Gasteiger partial charge on any atom is 0.338 e. The van der Waals surface area contributed by atoms with Gasteiger partial charge in [0.25, 0.3) is 0 Å². The Balaban J connectivity index is 1.86. The maximum absolute atomic E-state index is 11.6. The summed E-state index contributed by atoms with van der Waals surface area (Å²) in [6.07, 6.45) is 4.04. The van der Waals surface area contributed by atoms with E-state index in [0.29, 0.717) is 24.7 Å². The van der Waals surface area contributed by atoms with Gasteiger partial charge in [0.15, 0.2) is 0 Å². The van der Waals surface area contributed by atoms with Crippen LogP contribution in [0.5, 0.6) is 5.75 Å². The molecule has 0 aromatic heterocycles. The number of hydrogen-bond acceptors (Lipinski definition) is 3. The molecule has 2 rings (SSSR count). The zero-order chi connectivity index (χ0) is 12.1. The molecule has 90 valence electrons. The number of benzene rings is 1. The first-order valence-corrected chi connectivity index (χ1v) is 5.80. The highest BCUT2D eigenvalue weighted by atomic mass is 16.5. The fourth-order valence-electron chi connectivity index (χ4n) is 1.40. The number of carbonyl (C=O) groups is 1. The molecule has 0 unspecified atom stereocenters. The molecule has 0 atom stereocenters. The zero-order valence-electron chi connectivity index (χ0n) is 9.72. The summed E-state index contributed by atoms with van der Waals surface area (Å²) < 4.78 is 10.5. The van der Waals surface area contributed by atoms with Crippen molar-refractivity contribution in [1.29, 1.82) is 0 Å². The molecule has 0 bridgehead atoms. The predicted octanol–water partition coefficient (Wildman–Crippen LogP) is 2.82. The summed E-state index contributed by atoms with van der Waals surface area (Å²) in [4.78, 5) is 11.6. The summed E-state index contributed by atoms with van der Waals surface area (Å²) in [5.41, 5.74) is 0.566. The van der Waals surface area contributed by atoms with E-state index in [2.05, 4.69) is 6.58 Å². The van der Waals surface area contributed by atoms with Crippen LogP contribution in [0, 0.1) is 5.92 Å². The van der Waals surface area contributed by atoms with Crippen molar-refractivity contribution in [3.8, 4) is 5.75 Å². The maximum atomic E-state index is 11.6. The molecule has 1 aromatic carbocycles. The minimum absolute atomic E-state index is 0.257. The first kappa shape index (κ1) is 11.7. The lowest BCUT2D eigenvalue weighted by molar-refractivity contribution is 0.0486.